The molecule has 4 rings (SSSR count). The van der Waals surface area contributed by atoms with Gasteiger partial charge in [-0.05, 0) is 50.3 Å². The van der Waals surface area contributed by atoms with Crippen LogP contribution in [0, 0.1) is 5.92 Å². The molecule has 1 atom stereocenters. The second-order valence-electron chi connectivity index (χ2n) is 7.81. The lowest BCUT2D eigenvalue weighted by molar-refractivity contribution is 0.144. The molecule has 0 bridgehead atoms. The van der Waals surface area contributed by atoms with Gasteiger partial charge in [-0.2, -0.15) is 4.98 Å². The molecule has 1 aliphatic carbocycles. The summed E-state index contributed by atoms with van der Waals surface area (Å²) in [6, 6.07) is 4.01. The smallest absolute Gasteiger partial charge is 0.244 e. The molecule has 0 aromatic carbocycles. The highest BCUT2D eigenvalue weighted by atomic mass is 16.5. The third-order valence-corrected chi connectivity index (χ3v) is 5.85. The van der Waals surface area contributed by atoms with Crippen molar-refractivity contribution < 1.29 is 14.0 Å². The van der Waals surface area contributed by atoms with Gasteiger partial charge in [0.2, 0.25) is 17.6 Å². The first-order valence-electron chi connectivity index (χ1n) is 10.5. The summed E-state index contributed by atoms with van der Waals surface area (Å²) < 4.78 is 16.5. The molecule has 7 nitrogen and oxygen atoms in total. The summed E-state index contributed by atoms with van der Waals surface area (Å²) in [4.78, 5) is 11.6. The number of hydrogen-bond donors (Lipinski definition) is 0. The van der Waals surface area contributed by atoms with Crippen LogP contribution in [-0.4, -0.2) is 53.4 Å². The van der Waals surface area contributed by atoms with Crippen molar-refractivity contribution in [2.75, 3.05) is 33.4 Å². The van der Waals surface area contributed by atoms with E-state index in [1.807, 2.05) is 12.1 Å². The van der Waals surface area contributed by atoms with E-state index >= 15 is 0 Å². The zero-order valence-corrected chi connectivity index (χ0v) is 16.7. The number of hydrogen-bond acceptors (Lipinski definition) is 7. The van der Waals surface area contributed by atoms with E-state index in [2.05, 4.69) is 15.0 Å². The second-order valence-corrected chi connectivity index (χ2v) is 7.81. The van der Waals surface area contributed by atoms with Crippen molar-refractivity contribution in [2.45, 2.75) is 51.0 Å². The standard InChI is InChI=1S/C21H30N4O3/c1-26-13-14-27-20-17(9-5-11-22-20)19-23-21(28-24-19)18-10-6-12-25(18)15-16-7-3-2-4-8-16/h5,9,11,16,18H,2-4,6-8,10,12-15H2,1H3/t18-/m0/s1. The zero-order chi connectivity index (χ0) is 19.2. The topological polar surface area (TPSA) is 73.5 Å². The lowest BCUT2D eigenvalue weighted by Gasteiger charge is -2.29. The molecule has 1 aliphatic heterocycles. The molecule has 0 spiro atoms. The number of pyridine rings is 1. The summed E-state index contributed by atoms with van der Waals surface area (Å²) in [6.07, 6.45) is 10.8. The van der Waals surface area contributed by atoms with Gasteiger partial charge in [0.1, 0.15) is 6.61 Å². The van der Waals surface area contributed by atoms with Gasteiger partial charge in [-0.1, -0.05) is 24.4 Å². The number of rotatable bonds is 8. The van der Waals surface area contributed by atoms with Crippen molar-refractivity contribution >= 4 is 0 Å². The number of methoxy groups -OCH3 is 1. The van der Waals surface area contributed by atoms with E-state index in [0.717, 1.165) is 36.9 Å². The SMILES string of the molecule is COCCOc1ncccc1-c1noc([C@@H]2CCCN2CC2CCCCC2)n1. The first kappa shape index (κ1) is 19.3. The van der Waals surface area contributed by atoms with E-state index in [4.69, 9.17) is 19.0 Å². The van der Waals surface area contributed by atoms with Gasteiger partial charge in [-0.3, -0.25) is 4.90 Å². The molecule has 2 aliphatic rings. The molecule has 1 saturated carbocycles. The quantitative estimate of drug-likeness (QED) is 0.638. The summed E-state index contributed by atoms with van der Waals surface area (Å²) in [5.41, 5.74) is 0.755. The van der Waals surface area contributed by atoms with Crippen LogP contribution in [0.1, 0.15) is 56.9 Å². The van der Waals surface area contributed by atoms with Gasteiger partial charge < -0.3 is 14.0 Å². The molecular weight excluding hydrogens is 356 g/mol. The molecule has 0 amide bonds. The molecule has 2 fully saturated rings. The number of likely N-dealkylation sites (tertiary alicyclic amines) is 1. The molecule has 0 unspecified atom stereocenters. The largest absolute Gasteiger partial charge is 0.475 e. The van der Waals surface area contributed by atoms with Crippen molar-refractivity contribution in [1.82, 2.24) is 20.0 Å². The van der Waals surface area contributed by atoms with Crippen LogP contribution >= 0.6 is 0 Å². The van der Waals surface area contributed by atoms with Gasteiger partial charge >= 0.3 is 0 Å². The van der Waals surface area contributed by atoms with Gasteiger partial charge in [0.05, 0.1) is 18.2 Å². The average molecular weight is 386 g/mol. The third kappa shape index (κ3) is 4.52. The number of aromatic nitrogens is 3. The van der Waals surface area contributed by atoms with Crippen LogP contribution < -0.4 is 4.74 Å². The Balaban J connectivity index is 1.46. The van der Waals surface area contributed by atoms with E-state index in [1.165, 1.54) is 38.5 Å². The Morgan fingerprint density at radius 3 is 2.89 bits per heavy atom. The minimum absolute atomic E-state index is 0.234. The summed E-state index contributed by atoms with van der Waals surface area (Å²) in [7, 11) is 1.65. The minimum atomic E-state index is 0.234. The van der Waals surface area contributed by atoms with Gasteiger partial charge in [-0.25, -0.2) is 4.98 Å². The minimum Gasteiger partial charge on any atom is -0.475 e. The first-order chi connectivity index (χ1) is 13.8. The lowest BCUT2D eigenvalue weighted by Crippen LogP contribution is -2.30. The molecule has 0 radical (unpaired) electrons. The monoisotopic (exact) mass is 386 g/mol. The Hall–Kier alpha value is -1.99. The van der Waals surface area contributed by atoms with Gasteiger partial charge in [0, 0.05) is 19.9 Å². The lowest BCUT2D eigenvalue weighted by atomic mass is 9.89. The maximum absolute atomic E-state index is 5.72. The van der Waals surface area contributed by atoms with Gasteiger partial charge in [0.25, 0.3) is 0 Å². The Kier molecular flexibility index (Phi) is 6.54. The van der Waals surface area contributed by atoms with Crippen LogP contribution in [-0.2, 0) is 4.74 Å². The van der Waals surface area contributed by atoms with Gasteiger partial charge in [-0.15, -0.1) is 0 Å². The summed E-state index contributed by atoms with van der Waals surface area (Å²) in [5, 5.41) is 4.24. The van der Waals surface area contributed by atoms with Crippen LogP contribution in [0.2, 0.25) is 0 Å². The van der Waals surface area contributed by atoms with E-state index < -0.39 is 0 Å². The fourth-order valence-corrected chi connectivity index (χ4v) is 4.40. The van der Waals surface area contributed by atoms with Crippen LogP contribution in [0.5, 0.6) is 5.88 Å². The molecule has 2 aromatic heterocycles. The van der Waals surface area contributed by atoms with Crippen molar-refractivity contribution in [3.8, 4) is 17.3 Å². The third-order valence-electron chi connectivity index (χ3n) is 5.85. The predicted octanol–water partition coefficient (Wildman–Crippen LogP) is 3.87. The Bertz CT molecular complexity index is 745. The van der Waals surface area contributed by atoms with Crippen molar-refractivity contribution in [2.24, 2.45) is 5.92 Å². The van der Waals surface area contributed by atoms with Gasteiger partial charge in [0.15, 0.2) is 0 Å². The predicted molar refractivity (Wildman–Crippen MR) is 105 cm³/mol. The number of nitrogens with zero attached hydrogens (tertiary/aromatic N) is 4. The maximum Gasteiger partial charge on any atom is 0.244 e. The first-order valence-corrected chi connectivity index (χ1v) is 10.5. The Morgan fingerprint density at radius 2 is 2.04 bits per heavy atom. The van der Waals surface area contributed by atoms with E-state index in [-0.39, 0.29) is 6.04 Å². The summed E-state index contributed by atoms with van der Waals surface area (Å²) in [6.45, 7) is 3.21. The highest BCUT2D eigenvalue weighted by Crippen LogP contribution is 2.35. The Labute approximate surface area is 166 Å². The van der Waals surface area contributed by atoms with Crippen molar-refractivity contribution in [3.63, 3.8) is 0 Å². The Morgan fingerprint density at radius 1 is 1.14 bits per heavy atom. The molecule has 0 N–H and O–H groups in total. The fraction of sp³-hybridized carbons (Fsp3) is 0.667. The van der Waals surface area contributed by atoms with Crippen LogP contribution in [0.4, 0.5) is 0 Å². The average Bonchev–Trinajstić information content (AvgIpc) is 3.39. The molecule has 2 aromatic rings. The van der Waals surface area contributed by atoms with Crippen LogP contribution in [0.15, 0.2) is 22.9 Å². The number of ether oxygens (including phenoxy) is 2. The maximum atomic E-state index is 5.72. The van der Waals surface area contributed by atoms with Crippen LogP contribution in [0.25, 0.3) is 11.4 Å². The normalized spacial score (nSPS) is 21.2. The molecule has 28 heavy (non-hydrogen) atoms. The van der Waals surface area contributed by atoms with E-state index in [0.29, 0.717) is 24.9 Å². The zero-order valence-electron chi connectivity index (χ0n) is 16.7. The highest BCUT2D eigenvalue weighted by Gasteiger charge is 2.32. The van der Waals surface area contributed by atoms with Crippen molar-refractivity contribution in [3.05, 3.63) is 24.2 Å². The molecule has 1 saturated heterocycles. The molecule has 3 heterocycles. The van der Waals surface area contributed by atoms with E-state index in [1.54, 1.807) is 13.3 Å². The van der Waals surface area contributed by atoms with Crippen LogP contribution in [0.3, 0.4) is 0 Å². The summed E-state index contributed by atoms with van der Waals surface area (Å²) >= 11 is 0. The molecule has 152 valence electrons. The fourth-order valence-electron chi connectivity index (χ4n) is 4.40. The highest BCUT2D eigenvalue weighted by molar-refractivity contribution is 5.60. The van der Waals surface area contributed by atoms with Crippen molar-refractivity contribution in [1.29, 1.82) is 0 Å². The second kappa shape index (κ2) is 9.47. The summed E-state index contributed by atoms with van der Waals surface area (Å²) in [5.74, 6) is 2.59. The molecular formula is C21H30N4O3. The molecule has 7 heteroatoms. The van der Waals surface area contributed by atoms with E-state index in [9.17, 15) is 0 Å².